The number of aliphatic hydroxyl groups excluding tert-OH is 1. The van der Waals surface area contributed by atoms with Crippen molar-refractivity contribution in [1.82, 2.24) is 0 Å². The highest BCUT2D eigenvalue weighted by Gasteiger charge is 2.21. The molecule has 0 fully saturated rings. The number of carboxylic acid groups (broad SMARTS) is 1. The van der Waals surface area contributed by atoms with Crippen molar-refractivity contribution in [3.8, 4) is 0 Å². The van der Waals surface area contributed by atoms with E-state index in [2.05, 4.69) is 4.74 Å². The molecule has 0 spiro atoms. The number of aldehydes is 1. The highest BCUT2D eigenvalue weighted by molar-refractivity contribution is 5.85. The van der Waals surface area contributed by atoms with E-state index in [0.29, 0.717) is 11.8 Å². The molecule has 6 heteroatoms. The molecule has 6 nitrogen and oxygen atoms in total. The zero-order chi connectivity index (χ0) is 14.4. The van der Waals surface area contributed by atoms with Crippen molar-refractivity contribution < 1.29 is 29.3 Å². The Bertz CT molecular complexity index is 494. The summed E-state index contributed by atoms with van der Waals surface area (Å²) in [6, 6.07) is 4.50. The van der Waals surface area contributed by atoms with Gasteiger partial charge in [-0.1, -0.05) is 18.2 Å². The van der Waals surface area contributed by atoms with Gasteiger partial charge in [-0.2, -0.15) is 0 Å². The average molecular weight is 266 g/mol. The van der Waals surface area contributed by atoms with Crippen molar-refractivity contribution >= 4 is 18.2 Å². The molecule has 19 heavy (non-hydrogen) atoms. The fourth-order valence-corrected chi connectivity index (χ4v) is 1.70. The summed E-state index contributed by atoms with van der Waals surface area (Å²) in [5.74, 6) is -1.87. The number of hydrogen-bond acceptors (Lipinski definition) is 5. The van der Waals surface area contributed by atoms with Crippen molar-refractivity contribution in [2.75, 3.05) is 7.11 Å². The van der Waals surface area contributed by atoms with Gasteiger partial charge in [0, 0.05) is 17.5 Å². The third kappa shape index (κ3) is 3.62. The van der Waals surface area contributed by atoms with Crippen LogP contribution in [-0.4, -0.2) is 35.5 Å². The predicted octanol–water partition coefficient (Wildman–Crippen LogP) is 0.723. The molecule has 2 N–H and O–H groups in total. The largest absolute Gasteiger partial charge is 0.479 e. The molecule has 0 aliphatic heterocycles. The number of ether oxygens (including phenoxy) is 1. The lowest BCUT2D eigenvalue weighted by atomic mass is 9.95. The van der Waals surface area contributed by atoms with Crippen LogP contribution in [0.1, 0.15) is 34.0 Å². The van der Waals surface area contributed by atoms with Crippen LogP contribution >= 0.6 is 0 Å². The van der Waals surface area contributed by atoms with Crippen LogP contribution in [-0.2, 0) is 20.7 Å². The predicted molar refractivity (Wildman–Crippen MR) is 64.8 cm³/mol. The summed E-state index contributed by atoms with van der Waals surface area (Å²) >= 11 is 0. The first-order valence-corrected chi connectivity index (χ1v) is 5.56. The average Bonchev–Trinajstić information content (AvgIpc) is 2.42. The number of benzene rings is 1. The molecule has 1 rings (SSSR count). The van der Waals surface area contributed by atoms with Crippen LogP contribution in [0.4, 0.5) is 0 Å². The molecule has 0 saturated heterocycles. The summed E-state index contributed by atoms with van der Waals surface area (Å²) in [5.41, 5.74) is 0.615. The summed E-state index contributed by atoms with van der Waals surface area (Å²) in [5, 5.41) is 18.3. The Hall–Kier alpha value is -2.21. The summed E-state index contributed by atoms with van der Waals surface area (Å²) in [7, 11) is 1.26. The smallest absolute Gasteiger partial charge is 0.337 e. The van der Waals surface area contributed by atoms with Gasteiger partial charge in [0.2, 0.25) is 0 Å². The fraction of sp³-hybridized carbons (Fsp3) is 0.308. The number of carbonyl (C=O) groups is 3. The molecule has 0 saturated carbocycles. The van der Waals surface area contributed by atoms with Crippen molar-refractivity contribution in [3.63, 3.8) is 0 Å². The van der Waals surface area contributed by atoms with E-state index in [1.807, 2.05) is 0 Å². The van der Waals surface area contributed by atoms with Gasteiger partial charge in [0.25, 0.3) is 0 Å². The molecule has 0 heterocycles. The highest BCUT2D eigenvalue weighted by Crippen LogP contribution is 2.21. The standard InChI is InChI=1S/C13H14O6/c1-19-11(15)6-5-8-3-2-4-9(10(8)7-14)12(16)13(17)18/h2-4,7,12,16H,5-6H2,1H3,(H,17,18). The van der Waals surface area contributed by atoms with Gasteiger partial charge < -0.3 is 14.9 Å². The van der Waals surface area contributed by atoms with E-state index >= 15 is 0 Å². The summed E-state index contributed by atoms with van der Waals surface area (Å²) in [6.45, 7) is 0. The third-order valence-electron chi connectivity index (χ3n) is 2.70. The van der Waals surface area contributed by atoms with Crippen LogP contribution in [0.5, 0.6) is 0 Å². The minimum absolute atomic E-state index is 0.0184. The second kappa shape index (κ2) is 6.65. The minimum atomic E-state index is -1.77. The van der Waals surface area contributed by atoms with Gasteiger partial charge in [-0.3, -0.25) is 9.59 Å². The van der Waals surface area contributed by atoms with E-state index in [4.69, 9.17) is 5.11 Å². The number of carboxylic acids is 1. The van der Waals surface area contributed by atoms with E-state index < -0.39 is 18.0 Å². The Morgan fingerprint density at radius 2 is 2.11 bits per heavy atom. The normalized spacial score (nSPS) is 11.7. The van der Waals surface area contributed by atoms with Gasteiger partial charge in [-0.05, 0) is 12.0 Å². The minimum Gasteiger partial charge on any atom is -0.479 e. The zero-order valence-corrected chi connectivity index (χ0v) is 10.3. The number of carbonyl (C=O) groups excluding carboxylic acids is 2. The number of aliphatic carboxylic acids is 1. The lowest BCUT2D eigenvalue weighted by Crippen LogP contribution is -2.14. The number of methoxy groups -OCH3 is 1. The van der Waals surface area contributed by atoms with E-state index in [0.717, 1.165) is 0 Å². The van der Waals surface area contributed by atoms with Crippen LogP contribution in [0.2, 0.25) is 0 Å². The van der Waals surface area contributed by atoms with Gasteiger partial charge in [0.05, 0.1) is 7.11 Å². The number of esters is 1. The Balaban J connectivity index is 3.06. The number of aliphatic hydroxyl groups is 1. The third-order valence-corrected chi connectivity index (χ3v) is 2.70. The van der Waals surface area contributed by atoms with Gasteiger partial charge in [-0.25, -0.2) is 4.79 Å². The lowest BCUT2D eigenvalue weighted by Gasteiger charge is -2.12. The van der Waals surface area contributed by atoms with Crippen LogP contribution < -0.4 is 0 Å². The highest BCUT2D eigenvalue weighted by atomic mass is 16.5. The Morgan fingerprint density at radius 3 is 2.63 bits per heavy atom. The fourth-order valence-electron chi connectivity index (χ4n) is 1.70. The first-order chi connectivity index (χ1) is 9.01. The Labute approximate surface area is 109 Å². The van der Waals surface area contributed by atoms with Gasteiger partial charge in [-0.15, -0.1) is 0 Å². The quantitative estimate of drug-likeness (QED) is 0.581. The molecule has 1 aromatic carbocycles. The SMILES string of the molecule is COC(=O)CCc1cccc(C(O)C(=O)O)c1C=O. The van der Waals surface area contributed by atoms with Crippen molar-refractivity contribution in [2.24, 2.45) is 0 Å². The van der Waals surface area contributed by atoms with Crippen LogP contribution in [0, 0.1) is 0 Å². The molecule has 1 atom stereocenters. The van der Waals surface area contributed by atoms with Gasteiger partial charge in [0.1, 0.15) is 0 Å². The topological polar surface area (TPSA) is 101 Å². The van der Waals surface area contributed by atoms with E-state index in [1.54, 1.807) is 6.07 Å². The summed E-state index contributed by atoms with van der Waals surface area (Å²) < 4.78 is 4.49. The second-order valence-electron chi connectivity index (χ2n) is 3.85. The van der Waals surface area contributed by atoms with E-state index in [9.17, 15) is 19.5 Å². The van der Waals surface area contributed by atoms with E-state index in [-0.39, 0.29) is 24.0 Å². The van der Waals surface area contributed by atoms with Crippen molar-refractivity contribution in [2.45, 2.75) is 18.9 Å². The molecular weight excluding hydrogens is 252 g/mol. The number of aryl methyl sites for hydroxylation is 1. The van der Waals surface area contributed by atoms with Crippen molar-refractivity contribution in [3.05, 3.63) is 34.9 Å². The maximum Gasteiger partial charge on any atom is 0.337 e. The van der Waals surface area contributed by atoms with Gasteiger partial charge >= 0.3 is 11.9 Å². The molecule has 0 aliphatic carbocycles. The number of rotatable bonds is 6. The molecule has 0 bridgehead atoms. The van der Waals surface area contributed by atoms with E-state index in [1.165, 1.54) is 19.2 Å². The summed E-state index contributed by atoms with van der Waals surface area (Å²) in [6.07, 6.45) is -0.975. The molecule has 102 valence electrons. The molecule has 1 aromatic rings. The van der Waals surface area contributed by atoms with Crippen LogP contribution in [0.3, 0.4) is 0 Å². The zero-order valence-electron chi connectivity index (χ0n) is 10.3. The van der Waals surface area contributed by atoms with Gasteiger partial charge in [0.15, 0.2) is 12.4 Å². The monoisotopic (exact) mass is 266 g/mol. The first kappa shape index (κ1) is 14.8. The lowest BCUT2D eigenvalue weighted by molar-refractivity contribution is -0.147. The first-order valence-electron chi connectivity index (χ1n) is 5.56. The summed E-state index contributed by atoms with van der Waals surface area (Å²) in [4.78, 5) is 32.9. The molecule has 0 radical (unpaired) electrons. The Morgan fingerprint density at radius 1 is 1.42 bits per heavy atom. The maximum absolute atomic E-state index is 11.1. The number of hydrogen-bond donors (Lipinski definition) is 2. The van der Waals surface area contributed by atoms with Crippen LogP contribution in [0.25, 0.3) is 0 Å². The molecule has 1 unspecified atom stereocenters. The maximum atomic E-state index is 11.1. The van der Waals surface area contributed by atoms with Crippen molar-refractivity contribution in [1.29, 1.82) is 0 Å². The second-order valence-corrected chi connectivity index (χ2v) is 3.85. The molecular formula is C13H14O6. The molecule has 0 aliphatic rings. The molecule has 0 aromatic heterocycles. The Kier molecular flexibility index (Phi) is 5.20. The van der Waals surface area contributed by atoms with Crippen LogP contribution in [0.15, 0.2) is 18.2 Å². The molecule has 0 amide bonds.